The Morgan fingerprint density at radius 3 is 1.31 bits per heavy atom. The first-order chi connectivity index (χ1) is 12.6. The summed E-state index contributed by atoms with van der Waals surface area (Å²) in [7, 11) is -5.85. The van der Waals surface area contributed by atoms with Crippen molar-refractivity contribution in [2.45, 2.75) is 28.0 Å². The summed E-state index contributed by atoms with van der Waals surface area (Å²) >= 11 is 0. The van der Waals surface area contributed by atoms with Crippen molar-refractivity contribution in [2.75, 3.05) is 5.75 Å². The van der Waals surface area contributed by atoms with Crippen molar-refractivity contribution >= 4 is 20.4 Å². The maximum atomic E-state index is 12.8. The summed E-state index contributed by atoms with van der Waals surface area (Å²) in [6.45, 7) is 1.86. The third kappa shape index (κ3) is 3.85. The van der Waals surface area contributed by atoms with Crippen LogP contribution in [-0.2, 0) is 10.1 Å². The van der Waals surface area contributed by atoms with Gasteiger partial charge in [-0.05, 0) is 42.8 Å². The first kappa shape index (κ1) is 18.7. The summed E-state index contributed by atoms with van der Waals surface area (Å²) in [6, 6.07) is 29.3. The minimum atomic E-state index is -3.57. The second-order valence-corrected chi connectivity index (χ2v) is 10.6. The van der Waals surface area contributed by atoms with Crippen molar-refractivity contribution < 1.29 is 12.0 Å². The predicted octanol–water partition coefficient (Wildman–Crippen LogP) is 5.72. The van der Waals surface area contributed by atoms with Crippen LogP contribution in [0.15, 0.2) is 106 Å². The van der Waals surface area contributed by atoms with E-state index in [9.17, 15) is 8.42 Å². The Balaban J connectivity index is 2.32. The molecule has 0 amide bonds. The molecule has 0 radical (unpaired) electrons. The van der Waals surface area contributed by atoms with Crippen LogP contribution in [0.25, 0.3) is 0 Å². The maximum absolute atomic E-state index is 12.8. The minimum absolute atomic E-state index is 0.0499. The van der Waals surface area contributed by atoms with Crippen LogP contribution in [0.3, 0.4) is 0 Å². The zero-order valence-corrected chi connectivity index (χ0v) is 16.3. The highest BCUT2D eigenvalue weighted by Crippen LogP contribution is 2.68. The molecule has 3 nitrogen and oxygen atoms in total. The lowest BCUT2D eigenvalue weighted by atomic mass is 10.4. The summed E-state index contributed by atoms with van der Waals surface area (Å²) in [5.41, 5.74) is 0. The van der Waals surface area contributed by atoms with Crippen molar-refractivity contribution in [1.82, 2.24) is 0 Å². The van der Waals surface area contributed by atoms with E-state index in [1.54, 1.807) is 0 Å². The van der Waals surface area contributed by atoms with Crippen molar-refractivity contribution in [3.63, 3.8) is 0 Å². The number of hydrogen-bond donors (Lipinski definition) is 0. The van der Waals surface area contributed by atoms with Crippen LogP contribution in [0, 0.1) is 0 Å². The van der Waals surface area contributed by atoms with E-state index < -0.39 is 20.4 Å². The van der Waals surface area contributed by atoms with Gasteiger partial charge in [-0.3, -0.25) is 3.63 Å². The molecule has 3 aromatic rings. The van der Waals surface area contributed by atoms with Crippen LogP contribution in [-0.4, -0.2) is 17.8 Å². The summed E-state index contributed by atoms with van der Waals surface area (Å²) in [5.74, 6) is 0.0499. The topological polar surface area (TPSA) is 46.9 Å². The van der Waals surface area contributed by atoms with Gasteiger partial charge in [-0.1, -0.05) is 61.5 Å². The van der Waals surface area contributed by atoms with Gasteiger partial charge in [0.2, 0.25) is 0 Å². The van der Waals surface area contributed by atoms with Crippen molar-refractivity contribution in [3.8, 4) is 0 Å². The lowest BCUT2D eigenvalue weighted by Gasteiger charge is -2.34. The third-order valence-electron chi connectivity index (χ3n) is 3.94. The first-order valence-electron chi connectivity index (χ1n) is 8.54. The summed E-state index contributed by atoms with van der Waals surface area (Å²) in [4.78, 5) is 2.74. The van der Waals surface area contributed by atoms with E-state index in [1.165, 1.54) is 0 Å². The molecule has 0 aliphatic rings. The van der Waals surface area contributed by atoms with Gasteiger partial charge in [0.15, 0.2) is 0 Å². The molecule has 5 heteroatoms. The average molecular weight is 388 g/mol. The van der Waals surface area contributed by atoms with Crippen LogP contribution in [0.5, 0.6) is 0 Å². The van der Waals surface area contributed by atoms with Gasteiger partial charge in [-0.15, -0.1) is 0 Å². The molecular weight excluding hydrogens is 364 g/mol. The standard InChI is InChI=1S/C21H22O3S2/c1-2-18-25(22,23)24-26(19-12-6-3-7-13-19,20-14-8-4-9-15-20)21-16-10-5-11-17-21/h3-17H,2,18H2,1H3/p+1. The molecule has 0 bridgehead atoms. The molecule has 26 heavy (non-hydrogen) atoms. The molecule has 0 aliphatic carbocycles. The second-order valence-electron chi connectivity index (χ2n) is 5.88. The van der Waals surface area contributed by atoms with Crippen LogP contribution in [0.1, 0.15) is 13.3 Å². The van der Waals surface area contributed by atoms with E-state index >= 15 is 0 Å². The fourth-order valence-electron chi connectivity index (χ4n) is 2.86. The smallest absolute Gasteiger partial charge is 0.262 e. The molecule has 0 saturated carbocycles. The molecule has 0 aromatic heterocycles. The Kier molecular flexibility index (Phi) is 5.81. The second kappa shape index (κ2) is 8.08. The van der Waals surface area contributed by atoms with Crippen LogP contribution < -0.4 is 0 Å². The Labute approximate surface area is 157 Å². The molecule has 0 saturated heterocycles. The summed E-state index contributed by atoms with van der Waals surface area (Å²) in [6.07, 6.45) is 0.541. The van der Waals surface area contributed by atoms with E-state index in [2.05, 4.69) is 3.63 Å². The monoisotopic (exact) mass is 387 g/mol. The molecule has 0 unspecified atom stereocenters. The molecular formula is C21H23O3S2+. The van der Waals surface area contributed by atoms with Gasteiger partial charge in [0.05, 0.1) is 25.0 Å². The minimum Gasteiger partial charge on any atom is -0.262 e. The SMILES string of the molecule is CCCS(=O)(=O)[OH+]S(c1ccccc1)(c1ccccc1)c1ccccc1. The van der Waals surface area contributed by atoms with Gasteiger partial charge in [0.1, 0.15) is 5.75 Å². The first-order valence-corrected chi connectivity index (χ1v) is 11.7. The van der Waals surface area contributed by atoms with E-state index in [1.807, 2.05) is 97.9 Å². The highest BCUT2D eigenvalue weighted by molar-refractivity contribution is 8.32. The van der Waals surface area contributed by atoms with Crippen LogP contribution in [0.2, 0.25) is 0 Å². The summed E-state index contributed by atoms with van der Waals surface area (Å²) in [5, 5.41) is 0. The van der Waals surface area contributed by atoms with Gasteiger partial charge in [-0.25, -0.2) is 0 Å². The molecule has 0 aliphatic heterocycles. The lowest BCUT2D eigenvalue weighted by Crippen LogP contribution is -2.20. The fourth-order valence-corrected chi connectivity index (χ4v) is 8.53. The van der Waals surface area contributed by atoms with Gasteiger partial charge in [-0.2, -0.15) is 8.42 Å². The average Bonchev–Trinajstić information content (AvgIpc) is 2.68. The molecule has 0 atom stereocenters. The summed E-state index contributed by atoms with van der Waals surface area (Å²) < 4.78 is 30.2. The van der Waals surface area contributed by atoms with Crippen LogP contribution >= 0.6 is 10.3 Å². The highest BCUT2D eigenvalue weighted by atomic mass is 32.3. The van der Waals surface area contributed by atoms with E-state index in [-0.39, 0.29) is 5.75 Å². The molecule has 3 rings (SSSR count). The number of hydrogen-bond acceptors (Lipinski definition) is 2. The van der Waals surface area contributed by atoms with Crippen molar-refractivity contribution in [1.29, 1.82) is 0 Å². The van der Waals surface area contributed by atoms with Crippen LogP contribution in [0.4, 0.5) is 0 Å². The lowest BCUT2D eigenvalue weighted by molar-refractivity contribution is 0.386. The predicted molar refractivity (Wildman–Crippen MR) is 108 cm³/mol. The van der Waals surface area contributed by atoms with Gasteiger partial charge in [0, 0.05) is 0 Å². The molecule has 0 heterocycles. The van der Waals surface area contributed by atoms with E-state index in [0.29, 0.717) is 6.42 Å². The Hall–Kier alpha value is -2.08. The number of rotatable bonds is 7. The van der Waals surface area contributed by atoms with E-state index in [0.717, 1.165) is 14.7 Å². The van der Waals surface area contributed by atoms with Crippen molar-refractivity contribution in [3.05, 3.63) is 91.0 Å². The Morgan fingerprint density at radius 1 is 0.654 bits per heavy atom. The highest BCUT2D eigenvalue weighted by Gasteiger charge is 2.42. The van der Waals surface area contributed by atoms with Crippen molar-refractivity contribution in [2.24, 2.45) is 0 Å². The Bertz CT molecular complexity index is 828. The molecule has 0 spiro atoms. The van der Waals surface area contributed by atoms with Gasteiger partial charge in [0.25, 0.3) is 0 Å². The third-order valence-corrected chi connectivity index (χ3v) is 9.53. The van der Waals surface area contributed by atoms with E-state index in [4.69, 9.17) is 0 Å². The Morgan fingerprint density at radius 2 is 1.00 bits per heavy atom. The fraction of sp³-hybridized carbons (Fsp3) is 0.143. The zero-order valence-electron chi connectivity index (χ0n) is 14.7. The molecule has 1 N–H and O–H groups in total. The largest absolute Gasteiger partial charge is 0.390 e. The maximum Gasteiger partial charge on any atom is 0.390 e. The molecule has 0 fully saturated rings. The van der Waals surface area contributed by atoms with Gasteiger partial charge >= 0.3 is 10.1 Å². The normalized spacial score (nSPS) is 12.7. The zero-order chi connectivity index (χ0) is 18.5. The molecule has 136 valence electrons. The quantitative estimate of drug-likeness (QED) is 0.385. The number of benzene rings is 3. The van der Waals surface area contributed by atoms with Gasteiger partial charge < -0.3 is 0 Å². The molecule has 3 aromatic carbocycles.